The molecule has 1 aliphatic carbocycles. The number of nitrogens with one attached hydrogen (secondary N) is 1. The van der Waals surface area contributed by atoms with Crippen molar-refractivity contribution in [1.29, 1.82) is 0 Å². The fourth-order valence-corrected chi connectivity index (χ4v) is 4.56. The molecule has 0 spiro atoms. The van der Waals surface area contributed by atoms with Gasteiger partial charge in [0.15, 0.2) is 0 Å². The lowest BCUT2D eigenvalue weighted by atomic mass is 9.98. The SMILES string of the molecule is CNC(CCC1CCCC1)c1cc(Cl)c(Br)s1. The summed E-state index contributed by atoms with van der Waals surface area (Å²) in [6.45, 7) is 0. The molecule has 0 radical (unpaired) electrons. The van der Waals surface area contributed by atoms with Crippen molar-refractivity contribution in [3.05, 3.63) is 19.8 Å². The van der Waals surface area contributed by atoms with Gasteiger partial charge in [0.05, 0.1) is 8.81 Å². The molecule has 1 aliphatic rings. The van der Waals surface area contributed by atoms with E-state index in [1.165, 1.54) is 43.4 Å². The van der Waals surface area contributed by atoms with Gasteiger partial charge in [0.1, 0.15) is 0 Å². The first kappa shape index (κ1) is 13.9. The van der Waals surface area contributed by atoms with Gasteiger partial charge >= 0.3 is 0 Å². The average Bonchev–Trinajstić information content (AvgIpc) is 2.91. The Kier molecular flexibility index (Phi) is 5.34. The Balaban J connectivity index is 1.91. The molecule has 1 nitrogen and oxygen atoms in total. The highest BCUT2D eigenvalue weighted by Gasteiger charge is 2.19. The Labute approximate surface area is 121 Å². The van der Waals surface area contributed by atoms with E-state index in [-0.39, 0.29) is 0 Å². The molecule has 0 aliphatic heterocycles. The van der Waals surface area contributed by atoms with Crippen LogP contribution in [0.3, 0.4) is 0 Å². The summed E-state index contributed by atoms with van der Waals surface area (Å²) in [5, 5.41) is 4.25. The molecule has 96 valence electrons. The standard InChI is InChI=1S/C13H19BrClNS/c1-16-11(7-6-9-4-2-3-5-9)12-8-10(15)13(14)17-12/h8-9,11,16H,2-7H2,1H3. The minimum atomic E-state index is 0.462. The van der Waals surface area contributed by atoms with E-state index in [0.717, 1.165) is 14.7 Å². The van der Waals surface area contributed by atoms with Crippen molar-refractivity contribution in [2.75, 3.05) is 7.05 Å². The lowest BCUT2D eigenvalue weighted by molar-refractivity contribution is 0.430. The van der Waals surface area contributed by atoms with Gasteiger partial charge in [-0.25, -0.2) is 0 Å². The maximum absolute atomic E-state index is 6.09. The molecule has 0 aromatic carbocycles. The van der Waals surface area contributed by atoms with Crippen molar-refractivity contribution in [3.63, 3.8) is 0 Å². The van der Waals surface area contributed by atoms with Crippen LogP contribution in [0.1, 0.15) is 49.4 Å². The van der Waals surface area contributed by atoms with Crippen LogP contribution in [0.4, 0.5) is 0 Å². The van der Waals surface area contributed by atoms with Crippen LogP contribution < -0.4 is 5.32 Å². The fraction of sp³-hybridized carbons (Fsp3) is 0.692. The van der Waals surface area contributed by atoms with Gasteiger partial charge < -0.3 is 5.32 Å². The van der Waals surface area contributed by atoms with E-state index < -0.39 is 0 Å². The monoisotopic (exact) mass is 335 g/mol. The molecule has 2 rings (SSSR count). The van der Waals surface area contributed by atoms with Crippen molar-refractivity contribution < 1.29 is 0 Å². The molecule has 17 heavy (non-hydrogen) atoms. The molecule has 0 saturated heterocycles. The second-order valence-electron chi connectivity index (χ2n) is 4.84. The van der Waals surface area contributed by atoms with Gasteiger partial charge in [-0.05, 0) is 47.8 Å². The zero-order valence-corrected chi connectivity index (χ0v) is 13.3. The number of hydrogen-bond acceptors (Lipinski definition) is 2. The predicted octanol–water partition coefficient (Wildman–Crippen LogP) is 5.39. The molecule has 1 aromatic heterocycles. The van der Waals surface area contributed by atoms with Crippen molar-refractivity contribution in [2.24, 2.45) is 5.92 Å². The molecule has 1 saturated carbocycles. The second kappa shape index (κ2) is 6.55. The molecule has 0 bridgehead atoms. The zero-order valence-electron chi connectivity index (χ0n) is 10.1. The lowest BCUT2D eigenvalue weighted by Crippen LogP contribution is -2.16. The number of hydrogen-bond donors (Lipinski definition) is 1. The molecular weight excluding hydrogens is 318 g/mol. The van der Waals surface area contributed by atoms with Crippen LogP contribution in [0.2, 0.25) is 5.02 Å². The summed E-state index contributed by atoms with van der Waals surface area (Å²) in [6.07, 6.45) is 8.32. The zero-order chi connectivity index (χ0) is 12.3. The largest absolute Gasteiger partial charge is 0.312 e. The quantitative estimate of drug-likeness (QED) is 0.759. The van der Waals surface area contributed by atoms with Crippen LogP contribution >= 0.6 is 38.9 Å². The number of thiophene rings is 1. The summed E-state index contributed by atoms with van der Waals surface area (Å²) < 4.78 is 1.05. The van der Waals surface area contributed by atoms with Gasteiger partial charge in [0, 0.05) is 10.9 Å². The van der Waals surface area contributed by atoms with Crippen LogP contribution in [0.15, 0.2) is 9.85 Å². The van der Waals surface area contributed by atoms with Gasteiger partial charge in [-0.1, -0.05) is 37.3 Å². The fourth-order valence-electron chi connectivity index (χ4n) is 2.67. The van der Waals surface area contributed by atoms with Crippen LogP contribution in [-0.2, 0) is 0 Å². The van der Waals surface area contributed by atoms with E-state index in [9.17, 15) is 0 Å². The van der Waals surface area contributed by atoms with Crippen LogP contribution in [0.25, 0.3) is 0 Å². The molecule has 1 heterocycles. The smallest absolute Gasteiger partial charge is 0.0887 e. The summed E-state index contributed by atoms with van der Waals surface area (Å²) in [5.74, 6) is 0.963. The Morgan fingerprint density at radius 3 is 2.76 bits per heavy atom. The molecule has 1 unspecified atom stereocenters. The number of rotatable bonds is 5. The molecule has 1 fully saturated rings. The predicted molar refractivity (Wildman–Crippen MR) is 80.0 cm³/mol. The van der Waals surface area contributed by atoms with Gasteiger partial charge in [-0.2, -0.15) is 0 Å². The average molecular weight is 337 g/mol. The van der Waals surface area contributed by atoms with Crippen LogP contribution in [0, 0.1) is 5.92 Å². The Morgan fingerprint density at radius 1 is 1.53 bits per heavy atom. The van der Waals surface area contributed by atoms with Crippen molar-refractivity contribution in [1.82, 2.24) is 5.32 Å². The minimum absolute atomic E-state index is 0.462. The molecule has 1 aromatic rings. The van der Waals surface area contributed by atoms with Gasteiger partial charge in [0.25, 0.3) is 0 Å². The normalized spacial score (nSPS) is 18.8. The summed E-state index contributed by atoms with van der Waals surface area (Å²) in [7, 11) is 2.04. The summed E-state index contributed by atoms with van der Waals surface area (Å²) >= 11 is 11.3. The highest BCUT2D eigenvalue weighted by Crippen LogP contribution is 2.38. The Morgan fingerprint density at radius 2 is 2.24 bits per heavy atom. The summed E-state index contributed by atoms with van der Waals surface area (Å²) in [6, 6.07) is 2.55. The van der Waals surface area contributed by atoms with Gasteiger partial charge in [0.2, 0.25) is 0 Å². The maximum atomic E-state index is 6.09. The number of halogens is 2. The first-order valence-corrected chi connectivity index (χ1v) is 8.31. The maximum Gasteiger partial charge on any atom is 0.0887 e. The third-order valence-electron chi connectivity index (χ3n) is 3.69. The van der Waals surface area contributed by atoms with Crippen LogP contribution in [-0.4, -0.2) is 7.05 Å². The third-order valence-corrected chi connectivity index (χ3v) is 6.28. The molecule has 0 amide bonds. The first-order chi connectivity index (χ1) is 8.20. The van der Waals surface area contributed by atoms with Crippen molar-refractivity contribution >= 4 is 38.9 Å². The second-order valence-corrected chi connectivity index (χ2v) is 7.65. The van der Waals surface area contributed by atoms with Gasteiger partial charge in [-0.3, -0.25) is 0 Å². The highest BCUT2D eigenvalue weighted by atomic mass is 79.9. The topological polar surface area (TPSA) is 12.0 Å². The van der Waals surface area contributed by atoms with Crippen LogP contribution in [0.5, 0.6) is 0 Å². The van der Waals surface area contributed by atoms with E-state index >= 15 is 0 Å². The third kappa shape index (κ3) is 3.69. The molecule has 1 atom stereocenters. The molecular formula is C13H19BrClNS. The van der Waals surface area contributed by atoms with E-state index in [2.05, 4.69) is 27.3 Å². The Hall–Kier alpha value is 0.430. The molecule has 4 heteroatoms. The summed E-state index contributed by atoms with van der Waals surface area (Å²) in [4.78, 5) is 1.35. The Bertz CT molecular complexity index is 341. The minimum Gasteiger partial charge on any atom is -0.312 e. The highest BCUT2D eigenvalue weighted by molar-refractivity contribution is 9.11. The van der Waals surface area contributed by atoms with E-state index in [1.54, 1.807) is 11.3 Å². The van der Waals surface area contributed by atoms with E-state index in [4.69, 9.17) is 11.6 Å². The van der Waals surface area contributed by atoms with E-state index in [0.29, 0.717) is 6.04 Å². The first-order valence-electron chi connectivity index (χ1n) is 6.32. The molecule has 1 N–H and O–H groups in total. The lowest BCUT2D eigenvalue weighted by Gasteiger charge is -2.16. The van der Waals surface area contributed by atoms with Crippen molar-refractivity contribution in [2.45, 2.75) is 44.6 Å². The van der Waals surface area contributed by atoms with Crippen molar-refractivity contribution in [3.8, 4) is 0 Å². The van der Waals surface area contributed by atoms with E-state index in [1.807, 2.05) is 7.05 Å². The summed E-state index contributed by atoms with van der Waals surface area (Å²) in [5.41, 5.74) is 0. The van der Waals surface area contributed by atoms with Gasteiger partial charge in [-0.15, -0.1) is 11.3 Å².